The Kier molecular flexibility index (Phi) is 9.30. The molecule has 1 saturated heterocycles. The molecule has 0 radical (unpaired) electrons. The second kappa shape index (κ2) is 11.7. The molecule has 0 amide bonds. The molecule has 7 nitrogen and oxygen atoms in total. The number of hydrogen-bond donors (Lipinski definition) is 2. The molecule has 0 aliphatic carbocycles. The van der Waals surface area contributed by atoms with Crippen molar-refractivity contribution in [1.82, 2.24) is 4.98 Å². The van der Waals surface area contributed by atoms with E-state index >= 15 is 0 Å². The van der Waals surface area contributed by atoms with Gasteiger partial charge in [0, 0.05) is 25.4 Å². The zero-order valence-corrected chi connectivity index (χ0v) is 19.4. The predicted octanol–water partition coefficient (Wildman–Crippen LogP) is 4.02. The van der Waals surface area contributed by atoms with E-state index in [9.17, 15) is 0 Å². The van der Waals surface area contributed by atoms with E-state index in [-0.39, 0.29) is 24.0 Å². The van der Waals surface area contributed by atoms with Crippen LogP contribution in [0.1, 0.15) is 32.3 Å². The molecular formula is C21H30IN5O2. The van der Waals surface area contributed by atoms with Crippen LogP contribution in [-0.4, -0.2) is 37.2 Å². The zero-order valence-electron chi connectivity index (χ0n) is 17.1. The topological polar surface area (TPSA) is 85.0 Å². The van der Waals surface area contributed by atoms with Gasteiger partial charge in [0.05, 0.1) is 25.4 Å². The SMILES string of the molecule is CCOc1ccc(OCC)c(NC(N)=NCc2ccnc(N3CCCC3)c2)c1.I. The number of anilines is 2. The van der Waals surface area contributed by atoms with Crippen LogP contribution in [0.2, 0.25) is 0 Å². The number of nitrogens with zero attached hydrogens (tertiary/aromatic N) is 3. The van der Waals surface area contributed by atoms with Crippen molar-refractivity contribution < 1.29 is 9.47 Å². The van der Waals surface area contributed by atoms with Gasteiger partial charge in [-0.1, -0.05) is 0 Å². The molecule has 3 N–H and O–H groups in total. The molecule has 0 saturated carbocycles. The highest BCUT2D eigenvalue weighted by Gasteiger charge is 2.13. The predicted molar refractivity (Wildman–Crippen MR) is 129 cm³/mol. The van der Waals surface area contributed by atoms with E-state index in [1.54, 1.807) is 0 Å². The second-order valence-corrected chi connectivity index (χ2v) is 6.57. The number of nitrogens with one attached hydrogen (secondary N) is 1. The lowest BCUT2D eigenvalue weighted by atomic mass is 10.2. The molecule has 29 heavy (non-hydrogen) atoms. The Labute approximate surface area is 189 Å². The van der Waals surface area contributed by atoms with Gasteiger partial charge in [0.15, 0.2) is 5.96 Å². The summed E-state index contributed by atoms with van der Waals surface area (Å²) in [4.78, 5) is 11.3. The van der Waals surface area contributed by atoms with Crippen LogP contribution in [0.5, 0.6) is 11.5 Å². The van der Waals surface area contributed by atoms with Crippen molar-refractivity contribution in [1.29, 1.82) is 0 Å². The van der Waals surface area contributed by atoms with Gasteiger partial charge < -0.3 is 25.4 Å². The second-order valence-electron chi connectivity index (χ2n) is 6.57. The van der Waals surface area contributed by atoms with E-state index in [2.05, 4.69) is 26.3 Å². The van der Waals surface area contributed by atoms with Gasteiger partial charge in [0.1, 0.15) is 17.3 Å². The number of aromatic nitrogens is 1. The van der Waals surface area contributed by atoms with Crippen molar-refractivity contribution in [3.63, 3.8) is 0 Å². The van der Waals surface area contributed by atoms with Crippen molar-refractivity contribution in [3.8, 4) is 11.5 Å². The third-order valence-electron chi connectivity index (χ3n) is 4.50. The smallest absolute Gasteiger partial charge is 0.193 e. The number of guanidine groups is 1. The molecule has 1 aliphatic heterocycles. The number of nitrogens with two attached hydrogens (primary N) is 1. The number of aliphatic imine (C=N–C) groups is 1. The Hall–Kier alpha value is -2.23. The van der Waals surface area contributed by atoms with Gasteiger partial charge in [0.2, 0.25) is 0 Å². The number of hydrogen-bond acceptors (Lipinski definition) is 5. The number of halogens is 1. The van der Waals surface area contributed by atoms with E-state index in [4.69, 9.17) is 15.2 Å². The molecule has 0 unspecified atom stereocenters. The number of rotatable bonds is 8. The Morgan fingerprint density at radius 2 is 1.90 bits per heavy atom. The average Bonchev–Trinajstić information content (AvgIpc) is 3.24. The molecule has 1 aliphatic rings. The van der Waals surface area contributed by atoms with Gasteiger partial charge in [-0.25, -0.2) is 9.98 Å². The van der Waals surface area contributed by atoms with Crippen LogP contribution < -0.4 is 25.4 Å². The van der Waals surface area contributed by atoms with E-state index in [1.165, 1.54) is 12.8 Å². The average molecular weight is 511 g/mol. The lowest BCUT2D eigenvalue weighted by molar-refractivity contribution is 0.332. The lowest BCUT2D eigenvalue weighted by Gasteiger charge is -2.16. The van der Waals surface area contributed by atoms with Crippen molar-refractivity contribution in [2.75, 3.05) is 36.5 Å². The third-order valence-corrected chi connectivity index (χ3v) is 4.50. The summed E-state index contributed by atoms with van der Waals surface area (Å²) in [6, 6.07) is 9.68. The molecule has 8 heteroatoms. The van der Waals surface area contributed by atoms with Crippen molar-refractivity contribution in [3.05, 3.63) is 42.1 Å². The molecule has 1 aromatic heterocycles. The number of pyridine rings is 1. The van der Waals surface area contributed by atoms with E-state index in [0.717, 1.165) is 35.9 Å². The maximum absolute atomic E-state index is 6.12. The molecule has 0 atom stereocenters. The summed E-state index contributed by atoms with van der Waals surface area (Å²) >= 11 is 0. The Morgan fingerprint density at radius 1 is 1.14 bits per heavy atom. The van der Waals surface area contributed by atoms with Gasteiger partial charge in [-0.3, -0.25) is 0 Å². The minimum atomic E-state index is 0. The standard InChI is InChI=1S/C21H29N5O2.HI/c1-3-27-17-7-8-19(28-4-2)18(14-17)25-21(22)24-15-16-9-10-23-20(13-16)26-11-5-6-12-26;/h7-10,13-14H,3-6,11-12,15H2,1-2H3,(H3,22,24,25);1H. The Morgan fingerprint density at radius 3 is 2.62 bits per heavy atom. The van der Waals surface area contributed by atoms with Gasteiger partial charge in [-0.05, 0) is 56.5 Å². The first-order valence-electron chi connectivity index (χ1n) is 9.86. The summed E-state index contributed by atoms with van der Waals surface area (Å²) in [5.41, 5.74) is 7.94. The molecule has 0 spiro atoms. The van der Waals surface area contributed by atoms with Gasteiger partial charge in [-0.2, -0.15) is 0 Å². The zero-order chi connectivity index (χ0) is 19.8. The summed E-state index contributed by atoms with van der Waals surface area (Å²) in [6.07, 6.45) is 4.29. The number of benzene rings is 1. The largest absolute Gasteiger partial charge is 0.494 e. The molecule has 1 fully saturated rings. The van der Waals surface area contributed by atoms with Crippen molar-refractivity contribution in [2.45, 2.75) is 33.2 Å². The maximum atomic E-state index is 6.12. The quantitative estimate of drug-likeness (QED) is 0.317. The normalized spacial score (nSPS) is 13.7. The Bertz CT molecular complexity index is 809. The highest BCUT2D eigenvalue weighted by atomic mass is 127. The molecule has 158 valence electrons. The van der Waals surface area contributed by atoms with Crippen LogP contribution >= 0.6 is 24.0 Å². The van der Waals surface area contributed by atoms with Gasteiger partial charge in [0.25, 0.3) is 0 Å². The minimum Gasteiger partial charge on any atom is -0.494 e. The van der Waals surface area contributed by atoms with Crippen molar-refractivity contribution in [2.24, 2.45) is 10.7 Å². The molecule has 1 aromatic carbocycles. The highest BCUT2D eigenvalue weighted by Crippen LogP contribution is 2.29. The summed E-state index contributed by atoms with van der Waals surface area (Å²) in [6.45, 7) is 7.68. The fourth-order valence-corrected chi connectivity index (χ4v) is 3.18. The molecule has 2 aromatic rings. The first-order valence-corrected chi connectivity index (χ1v) is 9.86. The summed E-state index contributed by atoms with van der Waals surface area (Å²) in [7, 11) is 0. The van der Waals surface area contributed by atoms with Crippen LogP contribution in [-0.2, 0) is 6.54 Å². The Balaban J connectivity index is 0.00000300. The minimum absolute atomic E-state index is 0. The summed E-state index contributed by atoms with van der Waals surface area (Å²) in [5.74, 6) is 2.81. The van der Waals surface area contributed by atoms with Gasteiger partial charge in [-0.15, -0.1) is 24.0 Å². The fourth-order valence-electron chi connectivity index (χ4n) is 3.18. The van der Waals surface area contributed by atoms with Crippen LogP contribution in [0.25, 0.3) is 0 Å². The fraction of sp³-hybridized carbons (Fsp3) is 0.429. The van der Waals surface area contributed by atoms with Crippen LogP contribution in [0.3, 0.4) is 0 Å². The van der Waals surface area contributed by atoms with Crippen LogP contribution in [0.15, 0.2) is 41.5 Å². The number of ether oxygens (including phenoxy) is 2. The first-order chi connectivity index (χ1) is 13.7. The van der Waals surface area contributed by atoms with Crippen molar-refractivity contribution >= 4 is 41.4 Å². The first kappa shape index (κ1) is 23.1. The molecular weight excluding hydrogens is 481 g/mol. The molecule has 3 rings (SSSR count). The molecule has 0 bridgehead atoms. The maximum Gasteiger partial charge on any atom is 0.193 e. The monoisotopic (exact) mass is 511 g/mol. The van der Waals surface area contributed by atoms with E-state index < -0.39 is 0 Å². The summed E-state index contributed by atoms with van der Waals surface area (Å²) in [5, 5.41) is 3.13. The lowest BCUT2D eigenvalue weighted by Crippen LogP contribution is -2.23. The van der Waals surface area contributed by atoms with Crippen LogP contribution in [0.4, 0.5) is 11.5 Å². The van der Waals surface area contributed by atoms with Gasteiger partial charge >= 0.3 is 0 Å². The summed E-state index contributed by atoms with van der Waals surface area (Å²) < 4.78 is 11.2. The van der Waals surface area contributed by atoms with E-state index in [0.29, 0.717) is 31.5 Å². The molecule has 2 heterocycles. The van der Waals surface area contributed by atoms with Crippen LogP contribution in [0, 0.1) is 0 Å². The third kappa shape index (κ3) is 6.66. The highest BCUT2D eigenvalue weighted by molar-refractivity contribution is 14.0. The van der Waals surface area contributed by atoms with E-state index in [1.807, 2.05) is 44.3 Å².